The highest BCUT2D eigenvalue weighted by Gasteiger charge is 2.35. The molecule has 0 radical (unpaired) electrons. The maximum atomic E-state index is 12.2. The van der Waals surface area contributed by atoms with Crippen molar-refractivity contribution >= 4 is 79.7 Å². The van der Waals surface area contributed by atoms with Crippen molar-refractivity contribution in [2.75, 3.05) is 5.32 Å². The number of aryl methyl sites for hydroxylation is 1. The fourth-order valence-electron chi connectivity index (χ4n) is 1.84. The lowest BCUT2D eigenvalue weighted by atomic mass is 10.2. The van der Waals surface area contributed by atoms with Crippen molar-refractivity contribution < 1.29 is 9.21 Å². The molecule has 1 atom stereocenters. The van der Waals surface area contributed by atoms with E-state index >= 15 is 0 Å². The van der Waals surface area contributed by atoms with E-state index in [4.69, 9.17) is 51.4 Å². The molecule has 0 saturated carbocycles. The van der Waals surface area contributed by atoms with Crippen LogP contribution in [-0.4, -0.2) is 21.0 Å². The highest BCUT2D eigenvalue weighted by Crippen LogP contribution is 2.29. The zero-order valence-electron chi connectivity index (χ0n) is 12.8. The average molecular weight is 486 g/mol. The first kappa shape index (κ1) is 20.3. The Balaban J connectivity index is 2.06. The molecule has 1 aromatic heterocycles. The lowest BCUT2D eigenvalue weighted by Gasteiger charge is -2.27. The third-order valence-electron chi connectivity index (χ3n) is 3.07. The number of alkyl halides is 3. The third-order valence-corrected chi connectivity index (χ3v) is 4.37. The number of nitrogens with one attached hydrogen (secondary N) is 3. The van der Waals surface area contributed by atoms with E-state index in [-0.39, 0.29) is 10.9 Å². The average Bonchev–Trinajstić information content (AvgIpc) is 2.94. The molecule has 0 fully saturated rings. The van der Waals surface area contributed by atoms with E-state index in [9.17, 15) is 4.79 Å². The van der Waals surface area contributed by atoms with Crippen molar-refractivity contribution in [1.82, 2.24) is 10.6 Å². The van der Waals surface area contributed by atoms with Gasteiger partial charge in [-0.2, -0.15) is 0 Å². The maximum absolute atomic E-state index is 12.2. The van der Waals surface area contributed by atoms with E-state index in [0.717, 1.165) is 11.3 Å². The van der Waals surface area contributed by atoms with Gasteiger partial charge in [0.15, 0.2) is 15.5 Å². The van der Waals surface area contributed by atoms with Crippen LogP contribution in [0.25, 0.3) is 0 Å². The number of para-hydroxylation sites is 1. The van der Waals surface area contributed by atoms with Crippen molar-refractivity contribution in [3.8, 4) is 0 Å². The zero-order chi connectivity index (χ0) is 18.6. The van der Waals surface area contributed by atoms with Gasteiger partial charge in [-0.15, -0.1) is 0 Å². The molecule has 3 N–H and O–H groups in total. The van der Waals surface area contributed by atoms with Gasteiger partial charge in [0.05, 0.1) is 0 Å². The molecule has 134 valence electrons. The van der Waals surface area contributed by atoms with Gasteiger partial charge in [0.25, 0.3) is 5.91 Å². The molecular formula is C15H13BrCl3N3O2S. The van der Waals surface area contributed by atoms with Crippen molar-refractivity contribution in [2.24, 2.45) is 0 Å². The Hall–Kier alpha value is -0.990. The van der Waals surface area contributed by atoms with Crippen LogP contribution >= 0.6 is 63.0 Å². The minimum atomic E-state index is -1.85. The second kappa shape index (κ2) is 8.60. The number of halogens is 4. The molecule has 0 aliphatic heterocycles. The van der Waals surface area contributed by atoms with Crippen LogP contribution in [0.5, 0.6) is 0 Å². The number of carbonyl (C=O) groups is 1. The summed E-state index contributed by atoms with van der Waals surface area (Å²) < 4.78 is 3.73. The predicted octanol–water partition coefficient (Wildman–Crippen LogP) is 4.76. The Morgan fingerprint density at radius 2 is 1.88 bits per heavy atom. The first-order valence-electron chi connectivity index (χ1n) is 6.93. The maximum Gasteiger partial charge on any atom is 0.288 e. The van der Waals surface area contributed by atoms with Gasteiger partial charge in [-0.3, -0.25) is 4.79 Å². The fraction of sp³-hybridized carbons (Fsp3) is 0.200. The van der Waals surface area contributed by atoms with E-state index < -0.39 is 15.9 Å². The monoisotopic (exact) mass is 483 g/mol. The molecule has 0 unspecified atom stereocenters. The number of hydrogen-bond acceptors (Lipinski definition) is 3. The van der Waals surface area contributed by atoms with Crippen LogP contribution in [0.1, 0.15) is 16.1 Å². The van der Waals surface area contributed by atoms with Gasteiger partial charge in [0.1, 0.15) is 6.17 Å². The predicted molar refractivity (Wildman–Crippen MR) is 108 cm³/mol. The van der Waals surface area contributed by atoms with Crippen LogP contribution < -0.4 is 16.0 Å². The van der Waals surface area contributed by atoms with Crippen LogP contribution in [-0.2, 0) is 0 Å². The van der Waals surface area contributed by atoms with Gasteiger partial charge in [0.2, 0.25) is 3.79 Å². The summed E-state index contributed by atoms with van der Waals surface area (Å²) in [6.45, 7) is 1.92. The normalized spacial score (nSPS) is 12.4. The Labute approximate surface area is 173 Å². The molecule has 0 bridgehead atoms. The Kier molecular flexibility index (Phi) is 6.99. The van der Waals surface area contributed by atoms with E-state index in [1.54, 1.807) is 6.07 Å². The van der Waals surface area contributed by atoms with Crippen molar-refractivity contribution in [3.63, 3.8) is 0 Å². The number of benzene rings is 1. The van der Waals surface area contributed by atoms with E-state index in [1.807, 2.05) is 31.2 Å². The number of hydrogen-bond donors (Lipinski definition) is 3. The summed E-state index contributed by atoms with van der Waals surface area (Å²) in [4.78, 5) is 12.2. The van der Waals surface area contributed by atoms with Gasteiger partial charge in [-0.1, -0.05) is 53.0 Å². The smallest absolute Gasteiger partial charge is 0.288 e. The second-order valence-corrected chi connectivity index (χ2v) is 8.52. The van der Waals surface area contributed by atoms with Crippen molar-refractivity contribution in [2.45, 2.75) is 16.9 Å². The Morgan fingerprint density at radius 3 is 2.44 bits per heavy atom. The van der Waals surface area contributed by atoms with Crippen LogP contribution in [0.4, 0.5) is 5.69 Å². The highest BCUT2D eigenvalue weighted by molar-refractivity contribution is 9.10. The Bertz CT molecular complexity index is 779. The molecule has 25 heavy (non-hydrogen) atoms. The van der Waals surface area contributed by atoms with Crippen LogP contribution in [0.15, 0.2) is 45.5 Å². The number of furan rings is 1. The Morgan fingerprint density at radius 1 is 1.20 bits per heavy atom. The summed E-state index contributed by atoms with van der Waals surface area (Å²) in [5, 5.41) is 8.49. The van der Waals surface area contributed by atoms with E-state index in [2.05, 4.69) is 31.9 Å². The summed E-state index contributed by atoms with van der Waals surface area (Å²) in [6, 6.07) is 10.6. The molecule has 0 aliphatic rings. The summed E-state index contributed by atoms with van der Waals surface area (Å²) in [7, 11) is 0. The van der Waals surface area contributed by atoms with Crippen LogP contribution in [0.3, 0.4) is 0 Å². The molecule has 1 aromatic carbocycles. The summed E-state index contributed by atoms with van der Waals surface area (Å²) in [5.74, 6) is -0.501. The largest absolute Gasteiger partial charge is 0.444 e. The molecule has 5 nitrogen and oxygen atoms in total. The first-order valence-corrected chi connectivity index (χ1v) is 9.26. The minimum Gasteiger partial charge on any atom is -0.444 e. The molecule has 1 heterocycles. The van der Waals surface area contributed by atoms with Gasteiger partial charge in [-0.25, -0.2) is 0 Å². The van der Waals surface area contributed by atoms with Gasteiger partial charge in [-0.05, 0) is 58.8 Å². The molecule has 1 amide bonds. The van der Waals surface area contributed by atoms with Gasteiger partial charge < -0.3 is 20.4 Å². The minimum absolute atomic E-state index is 0.0608. The molecule has 0 aliphatic carbocycles. The molecule has 10 heteroatoms. The van der Waals surface area contributed by atoms with Crippen LogP contribution in [0.2, 0.25) is 0 Å². The lowest BCUT2D eigenvalue weighted by molar-refractivity contribution is 0.0905. The number of anilines is 1. The first-order chi connectivity index (χ1) is 11.7. The summed E-state index contributed by atoms with van der Waals surface area (Å²) in [5.41, 5.74) is 1.78. The molecule has 0 spiro atoms. The second-order valence-electron chi connectivity index (χ2n) is 4.97. The summed E-state index contributed by atoms with van der Waals surface area (Å²) >= 11 is 26.2. The van der Waals surface area contributed by atoms with Crippen LogP contribution in [0, 0.1) is 6.92 Å². The number of rotatable bonds is 4. The number of amides is 1. The standard InChI is InChI=1S/C15H13BrCl3N3O2S/c1-8-4-2-3-5-9(8)20-14(25)22-13(15(17,18)19)21-12(23)10-6-7-11(16)24-10/h2-7,13H,1H3,(H,21,23)(H2,20,22,25)/t13-/m0/s1. The van der Waals surface area contributed by atoms with E-state index in [1.165, 1.54) is 6.07 Å². The van der Waals surface area contributed by atoms with Crippen molar-refractivity contribution in [3.05, 3.63) is 52.4 Å². The molecular weight excluding hydrogens is 473 g/mol. The lowest BCUT2D eigenvalue weighted by Crippen LogP contribution is -2.56. The SMILES string of the molecule is Cc1ccccc1NC(=S)N[C@H](NC(=O)c1ccc(Br)o1)C(Cl)(Cl)Cl. The van der Waals surface area contributed by atoms with E-state index in [0.29, 0.717) is 4.67 Å². The van der Waals surface area contributed by atoms with Crippen molar-refractivity contribution in [1.29, 1.82) is 0 Å². The summed E-state index contributed by atoms with van der Waals surface area (Å²) in [6.07, 6.45) is -1.09. The molecule has 2 aromatic rings. The topological polar surface area (TPSA) is 66.3 Å². The number of carbonyl (C=O) groups excluding carboxylic acids is 1. The highest BCUT2D eigenvalue weighted by atomic mass is 79.9. The molecule has 2 rings (SSSR count). The number of thiocarbonyl (C=S) groups is 1. The quantitative estimate of drug-likeness (QED) is 0.331. The van der Waals surface area contributed by atoms with Gasteiger partial charge >= 0.3 is 0 Å². The third kappa shape index (κ3) is 6.04. The van der Waals surface area contributed by atoms with Gasteiger partial charge in [0, 0.05) is 5.69 Å². The fourth-order valence-corrected chi connectivity index (χ4v) is 2.70. The molecule has 0 saturated heterocycles. The zero-order valence-corrected chi connectivity index (χ0v) is 17.4.